The summed E-state index contributed by atoms with van der Waals surface area (Å²) in [6.45, 7) is 5.21. The van der Waals surface area contributed by atoms with Crippen molar-refractivity contribution in [2.45, 2.75) is 50.8 Å². The first-order valence-electron chi connectivity index (χ1n) is 9.81. The minimum atomic E-state index is -0.521. The molecule has 6 heteroatoms. The number of para-hydroxylation sites is 1. The number of benzene rings is 1. The highest BCUT2D eigenvalue weighted by Crippen LogP contribution is 2.24. The van der Waals surface area contributed by atoms with Crippen LogP contribution in [-0.4, -0.2) is 51.8 Å². The van der Waals surface area contributed by atoms with Gasteiger partial charge in [-0.3, -0.25) is 9.59 Å². The van der Waals surface area contributed by atoms with Crippen molar-refractivity contribution in [3.05, 3.63) is 36.0 Å². The number of fused-ring (bicyclic) bond motifs is 1. The summed E-state index contributed by atoms with van der Waals surface area (Å²) in [5, 5.41) is 4.50. The molecule has 1 saturated heterocycles. The van der Waals surface area contributed by atoms with Crippen LogP contribution in [0.25, 0.3) is 10.9 Å². The third-order valence-corrected chi connectivity index (χ3v) is 6.31. The molecule has 1 aliphatic heterocycles. The third-order valence-electron chi connectivity index (χ3n) is 5.12. The molecule has 0 saturated carbocycles. The highest BCUT2D eigenvalue weighted by Gasteiger charge is 2.29. The Morgan fingerprint density at radius 2 is 2.15 bits per heavy atom. The Balaban J connectivity index is 1.78. The van der Waals surface area contributed by atoms with Crippen LogP contribution in [-0.2, 0) is 16.0 Å². The van der Waals surface area contributed by atoms with E-state index < -0.39 is 6.04 Å². The Bertz CT molecular complexity index is 789. The molecule has 1 aliphatic rings. The molecular formula is C21H29N3O2S. The summed E-state index contributed by atoms with van der Waals surface area (Å²) in [5.74, 6) is 0.943. The molecule has 2 atom stereocenters. The lowest BCUT2D eigenvalue weighted by atomic mass is 10.0. The minimum Gasteiger partial charge on any atom is -0.361 e. The largest absolute Gasteiger partial charge is 0.361 e. The number of amides is 2. The molecule has 2 unspecified atom stereocenters. The van der Waals surface area contributed by atoms with Gasteiger partial charge in [-0.2, -0.15) is 11.8 Å². The van der Waals surface area contributed by atoms with Gasteiger partial charge in [-0.1, -0.05) is 31.5 Å². The van der Waals surface area contributed by atoms with Crippen LogP contribution in [0, 0.1) is 0 Å². The molecule has 1 fully saturated rings. The topological polar surface area (TPSA) is 65.2 Å². The van der Waals surface area contributed by atoms with E-state index in [1.165, 1.54) is 6.92 Å². The zero-order valence-electron chi connectivity index (χ0n) is 16.2. The van der Waals surface area contributed by atoms with Gasteiger partial charge in [0.1, 0.15) is 6.04 Å². The van der Waals surface area contributed by atoms with Crippen molar-refractivity contribution in [3.63, 3.8) is 0 Å². The molecule has 0 radical (unpaired) electrons. The number of carbonyl (C=O) groups excluding carboxylic acids is 2. The first kappa shape index (κ1) is 19.8. The lowest BCUT2D eigenvalue weighted by Gasteiger charge is -2.28. The first-order chi connectivity index (χ1) is 13.1. The molecule has 0 aliphatic carbocycles. The van der Waals surface area contributed by atoms with Gasteiger partial charge in [-0.15, -0.1) is 0 Å². The molecule has 0 spiro atoms. The fourth-order valence-electron chi connectivity index (χ4n) is 3.86. The average Bonchev–Trinajstić information content (AvgIpc) is 2.90. The van der Waals surface area contributed by atoms with E-state index in [-0.39, 0.29) is 11.8 Å². The lowest BCUT2D eigenvalue weighted by Crippen LogP contribution is -2.50. The van der Waals surface area contributed by atoms with Crippen molar-refractivity contribution >= 4 is 34.5 Å². The number of hydrogen-bond acceptors (Lipinski definition) is 3. The Hall–Kier alpha value is -1.95. The average molecular weight is 388 g/mol. The number of thioether (sulfide) groups is 1. The molecule has 146 valence electrons. The molecule has 3 rings (SSSR count). The molecule has 2 heterocycles. The number of nitrogens with one attached hydrogen (secondary N) is 2. The minimum absolute atomic E-state index is 0.0408. The molecule has 2 N–H and O–H groups in total. The van der Waals surface area contributed by atoms with Crippen LogP contribution in [0.3, 0.4) is 0 Å². The van der Waals surface area contributed by atoms with Gasteiger partial charge in [0.25, 0.3) is 0 Å². The van der Waals surface area contributed by atoms with E-state index in [9.17, 15) is 9.59 Å². The maximum absolute atomic E-state index is 13.3. The predicted molar refractivity (Wildman–Crippen MR) is 112 cm³/mol. The lowest BCUT2D eigenvalue weighted by molar-refractivity contribution is -0.136. The summed E-state index contributed by atoms with van der Waals surface area (Å²) >= 11 is 1.93. The van der Waals surface area contributed by atoms with Gasteiger partial charge in [0, 0.05) is 48.8 Å². The number of carbonyl (C=O) groups is 2. The van der Waals surface area contributed by atoms with E-state index >= 15 is 0 Å². The van der Waals surface area contributed by atoms with E-state index in [2.05, 4.69) is 23.3 Å². The number of rotatable bonds is 6. The summed E-state index contributed by atoms with van der Waals surface area (Å²) in [7, 11) is 0. The number of nitrogens with zero attached hydrogens (tertiary/aromatic N) is 1. The van der Waals surface area contributed by atoms with Gasteiger partial charge in [-0.05, 0) is 30.2 Å². The molecule has 27 heavy (non-hydrogen) atoms. The van der Waals surface area contributed by atoms with Gasteiger partial charge >= 0.3 is 0 Å². The van der Waals surface area contributed by atoms with Crippen molar-refractivity contribution in [1.29, 1.82) is 0 Å². The summed E-state index contributed by atoms with van der Waals surface area (Å²) in [5.41, 5.74) is 2.11. The van der Waals surface area contributed by atoms with Crippen LogP contribution in [0.4, 0.5) is 0 Å². The van der Waals surface area contributed by atoms with Gasteiger partial charge in [0.2, 0.25) is 11.8 Å². The smallest absolute Gasteiger partial charge is 0.245 e. The monoisotopic (exact) mass is 387 g/mol. The molecule has 2 amide bonds. The number of likely N-dealkylation sites (tertiary alicyclic amines) is 1. The van der Waals surface area contributed by atoms with Crippen LogP contribution in [0.5, 0.6) is 0 Å². The van der Waals surface area contributed by atoms with Crippen molar-refractivity contribution in [1.82, 2.24) is 15.2 Å². The zero-order valence-corrected chi connectivity index (χ0v) is 17.0. The van der Waals surface area contributed by atoms with E-state index in [0.29, 0.717) is 11.7 Å². The maximum Gasteiger partial charge on any atom is 0.245 e. The molecule has 2 aromatic rings. The summed E-state index contributed by atoms with van der Waals surface area (Å²) in [6.07, 6.45) is 5.81. The fourth-order valence-corrected chi connectivity index (χ4v) is 4.95. The van der Waals surface area contributed by atoms with E-state index in [1.807, 2.05) is 41.1 Å². The SMILES string of the molecule is CCSC1CCCCN(C(=O)C(Cc2c[nH]c3ccccc23)NC(C)=O)C1. The molecular weight excluding hydrogens is 358 g/mol. The Morgan fingerprint density at radius 3 is 2.93 bits per heavy atom. The van der Waals surface area contributed by atoms with Crippen LogP contribution in [0.1, 0.15) is 38.7 Å². The Kier molecular flexibility index (Phi) is 6.83. The van der Waals surface area contributed by atoms with Crippen LogP contribution >= 0.6 is 11.8 Å². The number of aromatic amines is 1. The standard InChI is InChI=1S/C21H29N3O2S/c1-3-27-17-8-6-7-11-24(14-17)21(26)20(23-15(2)25)12-16-13-22-19-10-5-4-9-18(16)19/h4-5,9-10,13,17,20,22H,3,6-8,11-12,14H2,1-2H3,(H,23,25). The number of hydrogen-bond donors (Lipinski definition) is 2. The predicted octanol–water partition coefficient (Wildman–Crippen LogP) is 3.35. The van der Waals surface area contributed by atoms with Crippen molar-refractivity contribution in [2.75, 3.05) is 18.8 Å². The fraction of sp³-hybridized carbons (Fsp3) is 0.524. The zero-order chi connectivity index (χ0) is 19.2. The number of aromatic nitrogens is 1. The normalized spacial score (nSPS) is 18.9. The van der Waals surface area contributed by atoms with Gasteiger partial charge in [-0.25, -0.2) is 0 Å². The maximum atomic E-state index is 13.3. The summed E-state index contributed by atoms with van der Waals surface area (Å²) in [4.78, 5) is 30.3. The third kappa shape index (κ3) is 5.06. The molecule has 1 aromatic heterocycles. The highest BCUT2D eigenvalue weighted by molar-refractivity contribution is 7.99. The summed E-state index contributed by atoms with van der Waals surface area (Å²) < 4.78 is 0. The molecule has 5 nitrogen and oxygen atoms in total. The van der Waals surface area contributed by atoms with Crippen LogP contribution in [0.2, 0.25) is 0 Å². The Morgan fingerprint density at radius 1 is 1.33 bits per heavy atom. The van der Waals surface area contributed by atoms with Gasteiger partial charge in [0.15, 0.2) is 0 Å². The van der Waals surface area contributed by atoms with E-state index in [1.54, 1.807) is 0 Å². The number of H-pyrrole nitrogens is 1. The highest BCUT2D eigenvalue weighted by atomic mass is 32.2. The van der Waals surface area contributed by atoms with E-state index in [0.717, 1.165) is 54.6 Å². The second kappa shape index (κ2) is 9.31. The Labute approximate surface area is 165 Å². The van der Waals surface area contributed by atoms with Gasteiger partial charge in [0.05, 0.1) is 0 Å². The van der Waals surface area contributed by atoms with Crippen molar-refractivity contribution in [2.24, 2.45) is 0 Å². The summed E-state index contributed by atoms with van der Waals surface area (Å²) in [6, 6.07) is 7.54. The second-order valence-electron chi connectivity index (χ2n) is 7.17. The first-order valence-corrected chi connectivity index (χ1v) is 10.9. The second-order valence-corrected chi connectivity index (χ2v) is 8.75. The van der Waals surface area contributed by atoms with Gasteiger partial charge < -0.3 is 15.2 Å². The van der Waals surface area contributed by atoms with Crippen LogP contribution < -0.4 is 5.32 Å². The van der Waals surface area contributed by atoms with E-state index in [4.69, 9.17) is 0 Å². The quantitative estimate of drug-likeness (QED) is 0.799. The molecule has 1 aromatic carbocycles. The van der Waals surface area contributed by atoms with Crippen molar-refractivity contribution in [3.8, 4) is 0 Å². The van der Waals surface area contributed by atoms with Crippen LogP contribution in [0.15, 0.2) is 30.5 Å². The van der Waals surface area contributed by atoms with Crippen molar-refractivity contribution < 1.29 is 9.59 Å². The molecule has 0 bridgehead atoms.